The first-order valence-corrected chi connectivity index (χ1v) is 9.27. The van der Waals surface area contributed by atoms with E-state index in [0.29, 0.717) is 10.7 Å². The van der Waals surface area contributed by atoms with Crippen LogP contribution in [0.4, 0.5) is 5.69 Å². The highest BCUT2D eigenvalue weighted by Gasteiger charge is 2.35. The lowest BCUT2D eigenvalue weighted by Gasteiger charge is -2.22. The Balaban J connectivity index is 0.000000271. The van der Waals surface area contributed by atoms with E-state index in [1.165, 1.54) is 24.3 Å². The average molecular weight is 419 g/mol. The van der Waals surface area contributed by atoms with Crippen molar-refractivity contribution in [2.45, 2.75) is 17.7 Å². The number of hydrogen-bond donors (Lipinski definition) is 5. The van der Waals surface area contributed by atoms with Crippen molar-refractivity contribution in [1.82, 2.24) is 0 Å². The predicted octanol–water partition coefficient (Wildman–Crippen LogP) is 0.535. The van der Waals surface area contributed by atoms with Gasteiger partial charge in [-0.25, -0.2) is 0 Å². The third kappa shape index (κ3) is 6.79. The maximum atomic E-state index is 11.4. The van der Waals surface area contributed by atoms with E-state index in [-0.39, 0.29) is 17.7 Å². The van der Waals surface area contributed by atoms with Crippen LogP contribution < -0.4 is 17.2 Å². The van der Waals surface area contributed by atoms with Crippen molar-refractivity contribution in [3.05, 3.63) is 35.4 Å². The molecule has 1 aromatic rings. The molecule has 8 N–H and O–H groups in total. The minimum absolute atomic E-state index is 0.0000926. The molecular weight excluding hydrogens is 400 g/mol. The number of benzene rings is 1. The standard InChI is InChI=1S/C8H9ClO4.C7H10N4O2S/c9-4-1-2-5(7(10)11)6(3-4)8(12)13;8-5-1-3-6(4-2-5)14(12,13)11-7(9)10/h1,5-6H,2-3H2,(H,10,11)(H,12,13);1-4H,8H2,(H4,9,10,11). The molecule has 2 unspecified atom stereocenters. The quantitative estimate of drug-likeness (QED) is 0.263. The lowest BCUT2D eigenvalue weighted by molar-refractivity contribution is -0.153. The second-order valence-electron chi connectivity index (χ2n) is 5.54. The molecule has 1 aliphatic rings. The van der Waals surface area contributed by atoms with Crippen molar-refractivity contribution in [2.75, 3.05) is 5.73 Å². The number of rotatable bonds is 4. The molecule has 0 saturated carbocycles. The van der Waals surface area contributed by atoms with Gasteiger partial charge < -0.3 is 27.4 Å². The number of nitrogens with two attached hydrogens (primary N) is 3. The van der Waals surface area contributed by atoms with Crippen LogP contribution in [0.2, 0.25) is 0 Å². The maximum Gasteiger partial charge on any atom is 0.307 e. The number of guanidine groups is 1. The highest BCUT2D eigenvalue weighted by molar-refractivity contribution is 7.90. The lowest BCUT2D eigenvalue weighted by Crippen LogP contribution is -2.31. The summed E-state index contributed by atoms with van der Waals surface area (Å²) in [5, 5.41) is 17.9. The van der Waals surface area contributed by atoms with Crippen molar-refractivity contribution in [1.29, 1.82) is 0 Å². The molecule has 2 atom stereocenters. The summed E-state index contributed by atoms with van der Waals surface area (Å²) in [5.41, 5.74) is 15.8. The minimum Gasteiger partial charge on any atom is -0.481 e. The monoisotopic (exact) mass is 418 g/mol. The number of halogens is 1. The van der Waals surface area contributed by atoms with Crippen LogP contribution in [0.3, 0.4) is 0 Å². The molecule has 148 valence electrons. The van der Waals surface area contributed by atoms with Crippen molar-refractivity contribution >= 4 is 45.2 Å². The van der Waals surface area contributed by atoms with Crippen LogP contribution in [0, 0.1) is 11.8 Å². The fraction of sp³-hybridized carbons (Fsp3) is 0.267. The number of sulfonamides is 1. The van der Waals surface area contributed by atoms with Gasteiger partial charge in [0.1, 0.15) is 0 Å². The molecule has 10 nitrogen and oxygen atoms in total. The van der Waals surface area contributed by atoms with Gasteiger partial charge in [-0.1, -0.05) is 17.7 Å². The number of allylic oxidation sites excluding steroid dienone is 2. The zero-order chi connectivity index (χ0) is 20.8. The first-order valence-electron chi connectivity index (χ1n) is 7.45. The summed E-state index contributed by atoms with van der Waals surface area (Å²) >= 11 is 5.63. The van der Waals surface area contributed by atoms with Gasteiger partial charge in [-0.15, -0.1) is 4.40 Å². The van der Waals surface area contributed by atoms with Gasteiger partial charge in [-0.3, -0.25) is 9.59 Å². The Morgan fingerprint density at radius 2 is 1.59 bits per heavy atom. The Kier molecular flexibility index (Phi) is 7.61. The Bertz CT molecular complexity index is 863. The Labute approximate surface area is 160 Å². The third-order valence-electron chi connectivity index (χ3n) is 3.53. The molecule has 0 fully saturated rings. The maximum absolute atomic E-state index is 11.4. The summed E-state index contributed by atoms with van der Waals surface area (Å²) in [4.78, 5) is 21.3. The zero-order valence-corrected chi connectivity index (χ0v) is 15.5. The van der Waals surface area contributed by atoms with Crippen LogP contribution in [-0.4, -0.2) is 36.5 Å². The second-order valence-corrected chi connectivity index (χ2v) is 7.63. The minimum atomic E-state index is -3.79. The fourth-order valence-corrected chi connectivity index (χ4v) is 3.34. The molecule has 2 rings (SSSR count). The number of anilines is 1. The molecule has 0 aromatic heterocycles. The lowest BCUT2D eigenvalue weighted by atomic mass is 9.83. The Hall–Kier alpha value is -2.79. The molecular formula is C15H19ClN4O6S. The number of nitrogen functional groups attached to an aromatic ring is 1. The summed E-state index contributed by atoms with van der Waals surface area (Å²) in [5.74, 6) is -4.41. The van der Waals surface area contributed by atoms with Gasteiger partial charge in [-0.05, 0) is 37.1 Å². The van der Waals surface area contributed by atoms with Crippen LogP contribution in [0.15, 0.2) is 44.7 Å². The molecule has 0 amide bonds. The summed E-state index contributed by atoms with van der Waals surface area (Å²) in [6, 6.07) is 5.57. The number of hydrogen-bond acceptors (Lipinski definition) is 5. The molecule has 1 aromatic carbocycles. The summed E-state index contributed by atoms with van der Waals surface area (Å²) in [6.45, 7) is 0. The number of aliphatic carboxylic acids is 2. The number of carboxylic acid groups (broad SMARTS) is 2. The molecule has 27 heavy (non-hydrogen) atoms. The topological polar surface area (TPSA) is 199 Å². The predicted molar refractivity (Wildman–Crippen MR) is 99.3 cm³/mol. The molecule has 0 radical (unpaired) electrons. The van der Waals surface area contributed by atoms with Crippen molar-refractivity contribution < 1.29 is 28.2 Å². The summed E-state index contributed by atoms with van der Waals surface area (Å²) < 4.78 is 25.8. The van der Waals surface area contributed by atoms with E-state index in [9.17, 15) is 18.0 Å². The first-order chi connectivity index (χ1) is 12.4. The van der Waals surface area contributed by atoms with Gasteiger partial charge in [0.2, 0.25) is 5.96 Å². The van der Waals surface area contributed by atoms with E-state index in [1.54, 1.807) is 6.08 Å². The molecule has 1 aliphatic carbocycles. The molecule has 12 heteroatoms. The second kappa shape index (κ2) is 9.24. The Morgan fingerprint density at radius 3 is 2.04 bits per heavy atom. The van der Waals surface area contributed by atoms with E-state index in [1.807, 2.05) is 0 Å². The first kappa shape index (κ1) is 22.3. The third-order valence-corrected chi connectivity index (χ3v) is 5.16. The SMILES string of the molecule is NC(N)=NS(=O)(=O)c1ccc(N)cc1.O=C(O)C1CC=C(Cl)CC1C(=O)O. The van der Waals surface area contributed by atoms with E-state index < -0.39 is 39.8 Å². The fourth-order valence-electron chi connectivity index (χ4n) is 2.22. The number of carboxylic acids is 2. The molecule has 0 aliphatic heterocycles. The largest absolute Gasteiger partial charge is 0.481 e. The van der Waals surface area contributed by atoms with Crippen molar-refractivity contribution in [2.24, 2.45) is 27.7 Å². The Morgan fingerprint density at radius 1 is 1.07 bits per heavy atom. The van der Waals surface area contributed by atoms with E-state index in [0.717, 1.165) is 0 Å². The van der Waals surface area contributed by atoms with Crippen LogP contribution in [0.25, 0.3) is 0 Å². The van der Waals surface area contributed by atoms with Crippen LogP contribution in [0.5, 0.6) is 0 Å². The van der Waals surface area contributed by atoms with Gasteiger partial charge in [0.15, 0.2) is 0 Å². The molecule has 0 bridgehead atoms. The number of carbonyl (C=O) groups is 2. The molecule has 0 heterocycles. The van der Waals surface area contributed by atoms with E-state index in [4.69, 9.17) is 39.0 Å². The summed E-state index contributed by atoms with van der Waals surface area (Å²) in [7, 11) is -3.79. The van der Waals surface area contributed by atoms with E-state index >= 15 is 0 Å². The summed E-state index contributed by atoms with van der Waals surface area (Å²) in [6.07, 6.45) is 1.89. The van der Waals surface area contributed by atoms with Gasteiger partial charge in [0.05, 0.1) is 16.7 Å². The van der Waals surface area contributed by atoms with Crippen LogP contribution in [0.1, 0.15) is 12.8 Å². The van der Waals surface area contributed by atoms with Crippen LogP contribution in [-0.2, 0) is 19.6 Å². The average Bonchev–Trinajstić information content (AvgIpc) is 2.54. The van der Waals surface area contributed by atoms with Gasteiger partial charge in [0, 0.05) is 10.7 Å². The highest BCUT2D eigenvalue weighted by atomic mass is 35.5. The molecule has 0 saturated heterocycles. The van der Waals surface area contributed by atoms with Crippen LogP contribution >= 0.6 is 11.6 Å². The normalized spacial score (nSPS) is 19.1. The smallest absolute Gasteiger partial charge is 0.307 e. The highest BCUT2D eigenvalue weighted by Crippen LogP contribution is 2.31. The van der Waals surface area contributed by atoms with Crippen molar-refractivity contribution in [3.63, 3.8) is 0 Å². The zero-order valence-electron chi connectivity index (χ0n) is 13.9. The van der Waals surface area contributed by atoms with E-state index in [2.05, 4.69) is 4.40 Å². The van der Waals surface area contributed by atoms with Gasteiger partial charge in [-0.2, -0.15) is 8.42 Å². The van der Waals surface area contributed by atoms with Crippen molar-refractivity contribution in [3.8, 4) is 0 Å². The van der Waals surface area contributed by atoms with Gasteiger partial charge >= 0.3 is 11.9 Å². The van der Waals surface area contributed by atoms with Gasteiger partial charge in [0.25, 0.3) is 10.0 Å². The number of nitrogens with zero attached hydrogens (tertiary/aromatic N) is 1. The molecule has 0 spiro atoms.